The molecule has 0 bridgehead atoms. The Morgan fingerprint density at radius 3 is 2.92 bits per heavy atom. The van der Waals surface area contributed by atoms with Gasteiger partial charge in [0.2, 0.25) is 0 Å². The standard InChI is InChI=1S/C11H16N2/c1-8(2)10-4-5-13-11(7-10)6-9(3)12-13/h6-8H,4-5H2,1-3H3. The van der Waals surface area contributed by atoms with Gasteiger partial charge in [0, 0.05) is 6.54 Å². The van der Waals surface area contributed by atoms with Gasteiger partial charge < -0.3 is 0 Å². The third-order valence-corrected chi connectivity index (χ3v) is 2.62. The van der Waals surface area contributed by atoms with Crippen molar-refractivity contribution in [3.05, 3.63) is 23.0 Å². The molecule has 0 fully saturated rings. The van der Waals surface area contributed by atoms with E-state index in [0.717, 1.165) is 18.7 Å². The molecule has 0 aliphatic carbocycles. The quantitative estimate of drug-likeness (QED) is 0.643. The predicted octanol–water partition coefficient (Wildman–Crippen LogP) is 2.63. The molecule has 1 aromatic heterocycles. The second-order valence-corrected chi connectivity index (χ2v) is 4.06. The van der Waals surface area contributed by atoms with Crippen LogP contribution in [-0.4, -0.2) is 9.78 Å². The molecule has 0 spiro atoms. The lowest BCUT2D eigenvalue weighted by Gasteiger charge is -2.17. The summed E-state index contributed by atoms with van der Waals surface area (Å²) in [5.74, 6) is 0.670. The van der Waals surface area contributed by atoms with E-state index in [4.69, 9.17) is 0 Å². The zero-order chi connectivity index (χ0) is 9.42. The highest BCUT2D eigenvalue weighted by Gasteiger charge is 2.13. The first-order chi connectivity index (χ1) is 6.16. The number of allylic oxidation sites excluding steroid dienone is 1. The number of hydrogen-bond acceptors (Lipinski definition) is 1. The summed E-state index contributed by atoms with van der Waals surface area (Å²) in [4.78, 5) is 0. The van der Waals surface area contributed by atoms with Gasteiger partial charge in [0.25, 0.3) is 0 Å². The number of nitrogens with zero attached hydrogens (tertiary/aromatic N) is 2. The average molecular weight is 176 g/mol. The Kier molecular flexibility index (Phi) is 1.98. The maximum absolute atomic E-state index is 4.42. The van der Waals surface area contributed by atoms with Crippen LogP contribution in [0.15, 0.2) is 11.6 Å². The van der Waals surface area contributed by atoms with Crippen molar-refractivity contribution in [3.8, 4) is 0 Å². The molecule has 70 valence electrons. The largest absolute Gasteiger partial charge is 0.265 e. The first-order valence-corrected chi connectivity index (χ1v) is 4.92. The molecule has 0 amide bonds. The van der Waals surface area contributed by atoms with Gasteiger partial charge in [-0.1, -0.05) is 19.4 Å². The van der Waals surface area contributed by atoms with Crippen LogP contribution in [0.2, 0.25) is 0 Å². The summed E-state index contributed by atoms with van der Waals surface area (Å²) in [7, 11) is 0. The number of rotatable bonds is 1. The van der Waals surface area contributed by atoms with Gasteiger partial charge in [-0.2, -0.15) is 5.10 Å². The Hall–Kier alpha value is -1.05. The fourth-order valence-corrected chi connectivity index (χ4v) is 1.81. The zero-order valence-corrected chi connectivity index (χ0v) is 8.54. The summed E-state index contributed by atoms with van der Waals surface area (Å²) >= 11 is 0. The van der Waals surface area contributed by atoms with Crippen LogP contribution in [0.1, 0.15) is 31.7 Å². The van der Waals surface area contributed by atoms with E-state index < -0.39 is 0 Å². The lowest BCUT2D eigenvalue weighted by atomic mass is 9.97. The van der Waals surface area contributed by atoms with Gasteiger partial charge in [-0.25, -0.2) is 0 Å². The van der Waals surface area contributed by atoms with E-state index in [2.05, 4.69) is 35.8 Å². The molecule has 13 heavy (non-hydrogen) atoms. The third-order valence-electron chi connectivity index (χ3n) is 2.62. The van der Waals surface area contributed by atoms with Crippen molar-refractivity contribution >= 4 is 6.08 Å². The minimum absolute atomic E-state index is 0.670. The number of aryl methyl sites for hydroxylation is 2. The van der Waals surface area contributed by atoms with Gasteiger partial charge in [-0.3, -0.25) is 4.68 Å². The van der Waals surface area contributed by atoms with Crippen molar-refractivity contribution in [1.29, 1.82) is 0 Å². The lowest BCUT2D eigenvalue weighted by Crippen LogP contribution is -2.10. The summed E-state index contributed by atoms with van der Waals surface area (Å²) in [5.41, 5.74) is 3.94. The zero-order valence-electron chi connectivity index (χ0n) is 8.54. The number of hydrogen-bond donors (Lipinski definition) is 0. The SMILES string of the molecule is Cc1cc2n(n1)CCC(C(C)C)=C2. The Morgan fingerprint density at radius 2 is 2.23 bits per heavy atom. The maximum Gasteiger partial charge on any atom is 0.0612 e. The average Bonchev–Trinajstić information content (AvgIpc) is 2.42. The summed E-state index contributed by atoms with van der Waals surface area (Å²) in [6.07, 6.45) is 3.44. The van der Waals surface area contributed by atoms with Crippen LogP contribution in [0, 0.1) is 12.8 Å². The highest BCUT2D eigenvalue weighted by Crippen LogP contribution is 2.23. The van der Waals surface area contributed by atoms with Crippen molar-refractivity contribution in [2.75, 3.05) is 0 Å². The van der Waals surface area contributed by atoms with E-state index >= 15 is 0 Å². The van der Waals surface area contributed by atoms with Gasteiger partial charge in [0.15, 0.2) is 0 Å². The van der Waals surface area contributed by atoms with Gasteiger partial charge in [-0.05, 0) is 31.4 Å². The van der Waals surface area contributed by atoms with Crippen LogP contribution >= 0.6 is 0 Å². The number of fused-ring (bicyclic) bond motifs is 1. The fraction of sp³-hybridized carbons (Fsp3) is 0.545. The van der Waals surface area contributed by atoms with Crippen LogP contribution in [-0.2, 0) is 6.54 Å². The Bertz CT molecular complexity index is 345. The van der Waals surface area contributed by atoms with Crippen LogP contribution in [0.25, 0.3) is 6.08 Å². The molecular weight excluding hydrogens is 160 g/mol. The summed E-state index contributed by atoms with van der Waals surface area (Å²) in [6.45, 7) is 7.61. The molecular formula is C11H16N2. The van der Waals surface area contributed by atoms with Crippen LogP contribution in [0.5, 0.6) is 0 Å². The first kappa shape index (κ1) is 8.54. The van der Waals surface area contributed by atoms with Crippen LogP contribution in [0.3, 0.4) is 0 Å². The Balaban J connectivity index is 2.37. The number of aromatic nitrogens is 2. The van der Waals surface area contributed by atoms with E-state index in [1.807, 2.05) is 6.92 Å². The van der Waals surface area contributed by atoms with Crippen molar-refractivity contribution in [1.82, 2.24) is 9.78 Å². The topological polar surface area (TPSA) is 17.8 Å². The smallest absolute Gasteiger partial charge is 0.0612 e. The highest BCUT2D eigenvalue weighted by atomic mass is 15.3. The summed E-state index contributed by atoms with van der Waals surface area (Å²) in [5, 5.41) is 4.42. The third kappa shape index (κ3) is 1.53. The van der Waals surface area contributed by atoms with Crippen LogP contribution in [0.4, 0.5) is 0 Å². The molecule has 1 aliphatic rings. The lowest BCUT2D eigenvalue weighted by molar-refractivity contribution is 0.561. The van der Waals surface area contributed by atoms with E-state index in [-0.39, 0.29) is 0 Å². The minimum Gasteiger partial charge on any atom is -0.265 e. The highest BCUT2D eigenvalue weighted by molar-refractivity contribution is 5.51. The molecule has 2 rings (SSSR count). The molecule has 2 nitrogen and oxygen atoms in total. The van der Waals surface area contributed by atoms with Crippen LogP contribution < -0.4 is 0 Å². The first-order valence-electron chi connectivity index (χ1n) is 4.92. The van der Waals surface area contributed by atoms with E-state index in [1.165, 1.54) is 5.69 Å². The van der Waals surface area contributed by atoms with Gasteiger partial charge in [0.1, 0.15) is 0 Å². The second-order valence-electron chi connectivity index (χ2n) is 4.06. The van der Waals surface area contributed by atoms with Crippen molar-refractivity contribution in [2.24, 2.45) is 5.92 Å². The van der Waals surface area contributed by atoms with Gasteiger partial charge >= 0.3 is 0 Å². The molecule has 0 aromatic carbocycles. The monoisotopic (exact) mass is 176 g/mol. The molecule has 2 heteroatoms. The summed E-state index contributed by atoms with van der Waals surface area (Å²) < 4.78 is 2.10. The molecule has 0 saturated heterocycles. The fourth-order valence-electron chi connectivity index (χ4n) is 1.81. The second kappa shape index (κ2) is 3.02. The van der Waals surface area contributed by atoms with E-state index in [1.54, 1.807) is 5.57 Å². The Labute approximate surface area is 79.3 Å². The summed E-state index contributed by atoms with van der Waals surface area (Å²) in [6, 6.07) is 2.15. The van der Waals surface area contributed by atoms with Gasteiger partial charge in [-0.15, -0.1) is 0 Å². The van der Waals surface area contributed by atoms with E-state index in [0.29, 0.717) is 5.92 Å². The minimum atomic E-state index is 0.670. The molecule has 1 aromatic rings. The molecule has 0 N–H and O–H groups in total. The Morgan fingerprint density at radius 1 is 1.46 bits per heavy atom. The molecule has 1 aliphatic heterocycles. The maximum atomic E-state index is 4.42. The van der Waals surface area contributed by atoms with Crippen molar-refractivity contribution in [2.45, 2.75) is 33.7 Å². The molecule has 0 unspecified atom stereocenters. The van der Waals surface area contributed by atoms with Gasteiger partial charge in [0.05, 0.1) is 11.4 Å². The molecule has 2 heterocycles. The van der Waals surface area contributed by atoms with Crippen molar-refractivity contribution in [3.63, 3.8) is 0 Å². The van der Waals surface area contributed by atoms with Crippen molar-refractivity contribution < 1.29 is 0 Å². The molecule has 0 saturated carbocycles. The van der Waals surface area contributed by atoms with E-state index in [9.17, 15) is 0 Å². The molecule has 0 radical (unpaired) electrons. The molecule has 0 atom stereocenters. The normalized spacial score (nSPS) is 15.8. The predicted molar refractivity (Wildman–Crippen MR) is 54.4 cm³/mol.